The van der Waals surface area contributed by atoms with E-state index >= 15 is 0 Å². The van der Waals surface area contributed by atoms with Gasteiger partial charge >= 0.3 is 0 Å². The zero-order valence-corrected chi connectivity index (χ0v) is 31.7. The van der Waals surface area contributed by atoms with E-state index in [1.54, 1.807) is 22.3 Å². The first kappa shape index (κ1) is 30.6. The summed E-state index contributed by atoms with van der Waals surface area (Å²) in [6, 6.07) is 50.3. The standard InChI is InChI=1S/C52H45NS/c1-8-23-51(24-9-1)43-14-5-3-13-42(43)50-45(51)16-10-17-47(50)53(37-20-22-41-40-12-4-7-18-48(40)54-49(41)31-37)36-19-21-39-38-11-2-6-15-44(38)52(46(39)30-36)34-26-32-25-33(28-34)29-35(52)27-32/h2-7,10-22,30-35H,1,8-9,23-29H2. The van der Waals surface area contributed by atoms with Crippen LogP contribution in [0.4, 0.5) is 17.1 Å². The van der Waals surface area contributed by atoms with Crippen molar-refractivity contribution in [1.29, 1.82) is 0 Å². The molecule has 0 unspecified atom stereocenters. The molecule has 1 nitrogen and oxygen atoms in total. The second kappa shape index (κ2) is 11.0. The van der Waals surface area contributed by atoms with E-state index in [4.69, 9.17) is 0 Å². The predicted octanol–water partition coefficient (Wildman–Crippen LogP) is 14.5. The van der Waals surface area contributed by atoms with E-state index in [-0.39, 0.29) is 10.8 Å². The van der Waals surface area contributed by atoms with Gasteiger partial charge in [-0.25, -0.2) is 0 Å². The first-order valence-electron chi connectivity index (χ1n) is 20.9. The molecule has 4 bridgehead atoms. The lowest BCUT2D eigenvalue weighted by molar-refractivity contribution is -0.0399. The van der Waals surface area contributed by atoms with E-state index in [9.17, 15) is 0 Å². The third-order valence-electron chi connectivity index (χ3n) is 15.6. The van der Waals surface area contributed by atoms with Crippen molar-refractivity contribution in [2.75, 3.05) is 4.90 Å². The minimum Gasteiger partial charge on any atom is -0.310 e. The Morgan fingerprint density at radius 2 is 1.13 bits per heavy atom. The van der Waals surface area contributed by atoms with Crippen LogP contribution in [0, 0.1) is 23.7 Å². The number of benzene rings is 6. The number of hydrogen-bond acceptors (Lipinski definition) is 2. The Morgan fingerprint density at radius 3 is 1.96 bits per heavy atom. The van der Waals surface area contributed by atoms with Crippen molar-refractivity contribution in [3.63, 3.8) is 0 Å². The van der Waals surface area contributed by atoms with Crippen LogP contribution >= 0.6 is 11.3 Å². The second-order valence-corrected chi connectivity index (χ2v) is 19.0. The van der Waals surface area contributed by atoms with Crippen LogP contribution in [0.1, 0.15) is 86.5 Å². The van der Waals surface area contributed by atoms with Gasteiger partial charge in [-0.1, -0.05) is 110 Å². The van der Waals surface area contributed by atoms with Crippen molar-refractivity contribution >= 4 is 48.6 Å². The predicted molar refractivity (Wildman–Crippen MR) is 227 cm³/mol. The van der Waals surface area contributed by atoms with Crippen molar-refractivity contribution in [2.24, 2.45) is 23.7 Å². The molecule has 2 spiro atoms. The van der Waals surface area contributed by atoms with Gasteiger partial charge in [0, 0.05) is 47.9 Å². The van der Waals surface area contributed by atoms with Crippen molar-refractivity contribution in [1.82, 2.24) is 0 Å². The van der Waals surface area contributed by atoms with Gasteiger partial charge in [-0.15, -0.1) is 11.3 Å². The summed E-state index contributed by atoms with van der Waals surface area (Å²) in [6.07, 6.45) is 13.6. The van der Waals surface area contributed by atoms with Crippen LogP contribution < -0.4 is 4.90 Å². The smallest absolute Gasteiger partial charge is 0.0543 e. The van der Waals surface area contributed by atoms with Crippen LogP contribution in [-0.2, 0) is 10.8 Å². The van der Waals surface area contributed by atoms with E-state index in [0.717, 1.165) is 23.7 Å². The molecule has 7 aliphatic rings. The van der Waals surface area contributed by atoms with Gasteiger partial charge in [0.15, 0.2) is 0 Å². The van der Waals surface area contributed by atoms with Gasteiger partial charge in [-0.3, -0.25) is 0 Å². The average molecular weight is 716 g/mol. The molecular formula is C52H45NS. The Bertz CT molecular complexity index is 2660. The van der Waals surface area contributed by atoms with Crippen molar-refractivity contribution in [3.05, 3.63) is 150 Å². The lowest BCUT2D eigenvalue weighted by Gasteiger charge is -2.61. The van der Waals surface area contributed by atoms with Crippen LogP contribution in [-0.4, -0.2) is 0 Å². The van der Waals surface area contributed by atoms with Crippen LogP contribution in [0.15, 0.2) is 127 Å². The summed E-state index contributed by atoms with van der Waals surface area (Å²) >= 11 is 1.93. The molecule has 0 radical (unpaired) electrons. The van der Waals surface area contributed by atoms with Gasteiger partial charge < -0.3 is 4.90 Å². The molecule has 54 heavy (non-hydrogen) atoms. The van der Waals surface area contributed by atoms with Gasteiger partial charge in [-0.2, -0.15) is 0 Å². The van der Waals surface area contributed by atoms with E-state index in [0.29, 0.717) is 0 Å². The van der Waals surface area contributed by atoms with Gasteiger partial charge in [-0.05, 0) is 144 Å². The number of fused-ring (bicyclic) bond motifs is 11. The van der Waals surface area contributed by atoms with Crippen LogP contribution in [0.3, 0.4) is 0 Å². The fourth-order valence-corrected chi connectivity index (χ4v) is 15.1. The largest absolute Gasteiger partial charge is 0.310 e. The molecule has 0 aliphatic heterocycles. The SMILES string of the molecule is c1ccc2c(c1)-c1c(N(c3ccc4c(c3)C3(c5ccccc5-4)C4CC5CC(C4)CC3C5)c3ccc4c(c3)sc3ccccc34)cccc1C21CCCCC1. The van der Waals surface area contributed by atoms with Crippen LogP contribution in [0.5, 0.6) is 0 Å². The van der Waals surface area contributed by atoms with E-state index in [1.807, 2.05) is 11.3 Å². The summed E-state index contributed by atoms with van der Waals surface area (Å²) in [5, 5.41) is 2.73. The molecule has 0 atom stereocenters. The lowest BCUT2D eigenvalue weighted by atomic mass is 9.43. The quantitative estimate of drug-likeness (QED) is 0.176. The van der Waals surface area contributed by atoms with Crippen molar-refractivity contribution < 1.29 is 0 Å². The number of rotatable bonds is 3. The Labute approximate surface area is 322 Å². The molecule has 5 fully saturated rings. The summed E-state index contributed by atoms with van der Waals surface area (Å²) < 4.78 is 2.73. The molecule has 264 valence electrons. The zero-order valence-electron chi connectivity index (χ0n) is 30.9. The normalized spacial score (nSPS) is 26.4. The second-order valence-electron chi connectivity index (χ2n) is 18.0. The Morgan fingerprint density at radius 1 is 0.481 bits per heavy atom. The molecule has 5 saturated carbocycles. The molecule has 1 aromatic heterocycles. The molecule has 0 amide bonds. The zero-order chi connectivity index (χ0) is 35.2. The highest BCUT2D eigenvalue weighted by Crippen LogP contribution is 2.70. The van der Waals surface area contributed by atoms with Gasteiger partial charge in [0.05, 0.1) is 5.69 Å². The van der Waals surface area contributed by atoms with E-state index in [2.05, 4.69) is 132 Å². The van der Waals surface area contributed by atoms with Gasteiger partial charge in [0.1, 0.15) is 0 Å². The minimum atomic E-state index is 0.116. The lowest BCUT2D eigenvalue weighted by Crippen LogP contribution is -2.55. The number of thiophene rings is 1. The van der Waals surface area contributed by atoms with Gasteiger partial charge in [0.25, 0.3) is 0 Å². The molecule has 7 aromatic rings. The summed E-state index contributed by atoms with van der Waals surface area (Å²) in [4.78, 5) is 2.67. The third kappa shape index (κ3) is 3.86. The molecule has 0 saturated heterocycles. The Kier molecular flexibility index (Phi) is 6.23. The third-order valence-corrected chi connectivity index (χ3v) is 16.8. The topological polar surface area (TPSA) is 3.24 Å². The molecule has 0 N–H and O–H groups in total. The molecule has 1 heterocycles. The van der Waals surface area contributed by atoms with Gasteiger partial charge in [0.2, 0.25) is 0 Å². The van der Waals surface area contributed by atoms with Crippen LogP contribution in [0.2, 0.25) is 0 Å². The van der Waals surface area contributed by atoms with Crippen LogP contribution in [0.25, 0.3) is 42.4 Å². The minimum absolute atomic E-state index is 0.116. The number of anilines is 3. The maximum absolute atomic E-state index is 2.70. The van der Waals surface area contributed by atoms with Crippen molar-refractivity contribution in [2.45, 2.75) is 75.0 Å². The summed E-state index contributed by atoms with van der Waals surface area (Å²) in [6.45, 7) is 0. The van der Waals surface area contributed by atoms with E-state index < -0.39 is 0 Å². The highest BCUT2D eigenvalue weighted by Gasteiger charge is 2.61. The molecule has 6 aromatic carbocycles. The first-order chi connectivity index (χ1) is 26.7. The number of nitrogens with zero attached hydrogens (tertiary/aromatic N) is 1. The van der Waals surface area contributed by atoms with Crippen molar-refractivity contribution in [3.8, 4) is 22.3 Å². The molecule has 7 aliphatic carbocycles. The summed E-state index contributed by atoms with van der Waals surface area (Å²) in [7, 11) is 0. The Balaban J connectivity index is 1.07. The van der Waals surface area contributed by atoms with E-state index in [1.165, 1.54) is 124 Å². The fraction of sp³-hybridized carbons (Fsp3) is 0.308. The maximum atomic E-state index is 2.70. The monoisotopic (exact) mass is 715 g/mol. The highest BCUT2D eigenvalue weighted by molar-refractivity contribution is 7.25. The highest BCUT2D eigenvalue weighted by atomic mass is 32.1. The molecule has 2 heteroatoms. The first-order valence-corrected chi connectivity index (χ1v) is 21.7. The Hall–Kier alpha value is -4.66. The maximum Gasteiger partial charge on any atom is 0.0543 e. The molecular weight excluding hydrogens is 671 g/mol. The average Bonchev–Trinajstić information content (AvgIpc) is 3.82. The summed E-state index contributed by atoms with van der Waals surface area (Å²) in [5.74, 6) is 3.35. The summed E-state index contributed by atoms with van der Waals surface area (Å²) in [5.41, 5.74) is 16.4. The molecule has 14 rings (SSSR count). The fourth-order valence-electron chi connectivity index (χ4n) is 13.9. The number of hydrogen-bond donors (Lipinski definition) is 0.